The molecule has 0 spiro atoms. The van der Waals surface area contributed by atoms with Gasteiger partial charge in [-0.05, 0) is 56.2 Å². The molecule has 0 bridgehead atoms. The van der Waals surface area contributed by atoms with Crippen LogP contribution in [0.4, 0.5) is 10.5 Å². The Morgan fingerprint density at radius 1 is 1.04 bits per heavy atom. The Balaban J connectivity index is 1.67. The summed E-state index contributed by atoms with van der Waals surface area (Å²) in [7, 11) is 0. The second kappa shape index (κ2) is 6.12. The van der Waals surface area contributed by atoms with Crippen molar-refractivity contribution in [1.29, 1.82) is 0 Å². The van der Waals surface area contributed by atoms with Gasteiger partial charge < -0.3 is 15.2 Å². The molecule has 0 aliphatic heterocycles. The van der Waals surface area contributed by atoms with Crippen molar-refractivity contribution in [2.45, 2.75) is 27.3 Å². The summed E-state index contributed by atoms with van der Waals surface area (Å²) < 4.78 is 5.26. The van der Waals surface area contributed by atoms with E-state index in [4.69, 9.17) is 4.52 Å². The molecule has 0 unspecified atom stereocenters. The van der Waals surface area contributed by atoms with Crippen LogP contribution in [-0.4, -0.2) is 11.2 Å². The van der Waals surface area contributed by atoms with Crippen molar-refractivity contribution in [1.82, 2.24) is 10.5 Å². The highest BCUT2D eigenvalue weighted by Crippen LogP contribution is 2.19. The summed E-state index contributed by atoms with van der Waals surface area (Å²) in [6, 6.07) is 11.5. The molecular weight excluding hydrogens is 290 g/mol. The number of nitrogens with zero attached hydrogens (tertiary/aromatic N) is 1. The number of fused-ring (bicyclic) bond motifs is 1. The SMILES string of the molecule is Cc1cc(C)cc(NC(=O)NCc2noc3ccc(C)cc23)c1. The summed E-state index contributed by atoms with van der Waals surface area (Å²) in [4.78, 5) is 12.1. The van der Waals surface area contributed by atoms with E-state index >= 15 is 0 Å². The number of aryl methyl sites for hydroxylation is 3. The number of urea groups is 1. The average molecular weight is 309 g/mol. The molecule has 5 nitrogen and oxygen atoms in total. The quantitative estimate of drug-likeness (QED) is 0.766. The van der Waals surface area contributed by atoms with Gasteiger partial charge in [-0.2, -0.15) is 0 Å². The normalized spacial score (nSPS) is 10.7. The molecule has 0 saturated carbocycles. The first kappa shape index (κ1) is 15.1. The van der Waals surface area contributed by atoms with Gasteiger partial charge in [-0.15, -0.1) is 0 Å². The lowest BCUT2D eigenvalue weighted by molar-refractivity contribution is 0.251. The number of benzene rings is 2. The van der Waals surface area contributed by atoms with Crippen molar-refractivity contribution in [2.24, 2.45) is 0 Å². The van der Waals surface area contributed by atoms with E-state index in [1.807, 2.05) is 51.1 Å². The minimum Gasteiger partial charge on any atom is -0.356 e. The Hall–Kier alpha value is -2.82. The Morgan fingerprint density at radius 3 is 2.52 bits per heavy atom. The van der Waals surface area contributed by atoms with E-state index < -0.39 is 0 Å². The zero-order valence-electron chi connectivity index (χ0n) is 13.4. The van der Waals surface area contributed by atoms with Gasteiger partial charge in [0.2, 0.25) is 0 Å². The monoisotopic (exact) mass is 309 g/mol. The first-order valence-electron chi connectivity index (χ1n) is 7.49. The van der Waals surface area contributed by atoms with E-state index in [0.29, 0.717) is 6.54 Å². The number of carbonyl (C=O) groups excluding carboxylic acids is 1. The minimum absolute atomic E-state index is 0.265. The van der Waals surface area contributed by atoms with Crippen molar-refractivity contribution in [3.63, 3.8) is 0 Å². The number of hydrogen-bond donors (Lipinski definition) is 2. The van der Waals surface area contributed by atoms with Crippen LogP contribution in [0.3, 0.4) is 0 Å². The fourth-order valence-electron chi connectivity index (χ4n) is 2.62. The first-order chi connectivity index (χ1) is 11.0. The van der Waals surface area contributed by atoms with Gasteiger partial charge in [0, 0.05) is 11.1 Å². The molecule has 3 rings (SSSR count). The molecule has 5 heteroatoms. The van der Waals surface area contributed by atoms with E-state index in [2.05, 4.69) is 21.9 Å². The third-order valence-electron chi connectivity index (χ3n) is 3.60. The molecular formula is C18H19N3O2. The highest BCUT2D eigenvalue weighted by molar-refractivity contribution is 5.89. The summed E-state index contributed by atoms with van der Waals surface area (Å²) in [6.45, 7) is 6.32. The van der Waals surface area contributed by atoms with Crippen LogP contribution in [0.25, 0.3) is 11.0 Å². The van der Waals surface area contributed by atoms with Gasteiger partial charge >= 0.3 is 6.03 Å². The molecule has 2 aromatic carbocycles. The Kier molecular flexibility index (Phi) is 4.02. The molecule has 118 valence electrons. The van der Waals surface area contributed by atoms with Crippen molar-refractivity contribution < 1.29 is 9.32 Å². The van der Waals surface area contributed by atoms with Crippen LogP contribution in [0.15, 0.2) is 40.9 Å². The average Bonchev–Trinajstić information content (AvgIpc) is 2.86. The third-order valence-corrected chi connectivity index (χ3v) is 3.60. The lowest BCUT2D eigenvalue weighted by Gasteiger charge is -2.08. The lowest BCUT2D eigenvalue weighted by Crippen LogP contribution is -2.28. The maximum Gasteiger partial charge on any atom is 0.319 e. The maximum absolute atomic E-state index is 12.1. The Labute approximate surface area is 134 Å². The van der Waals surface area contributed by atoms with E-state index in [-0.39, 0.29) is 6.03 Å². The predicted molar refractivity (Wildman–Crippen MR) is 90.5 cm³/mol. The first-order valence-corrected chi connectivity index (χ1v) is 7.49. The molecule has 1 heterocycles. The van der Waals surface area contributed by atoms with Gasteiger partial charge in [0.1, 0.15) is 5.69 Å². The maximum atomic E-state index is 12.1. The predicted octanol–water partition coefficient (Wildman–Crippen LogP) is 4.07. The summed E-state index contributed by atoms with van der Waals surface area (Å²) >= 11 is 0. The van der Waals surface area contributed by atoms with E-state index in [1.54, 1.807) is 0 Å². The number of rotatable bonds is 3. The van der Waals surface area contributed by atoms with Crippen molar-refractivity contribution in [3.8, 4) is 0 Å². The number of carbonyl (C=O) groups is 1. The van der Waals surface area contributed by atoms with Crippen LogP contribution < -0.4 is 10.6 Å². The largest absolute Gasteiger partial charge is 0.356 e. The molecule has 0 radical (unpaired) electrons. The van der Waals surface area contributed by atoms with Crippen LogP contribution in [0.2, 0.25) is 0 Å². The molecule has 2 amide bonds. The van der Waals surface area contributed by atoms with Gasteiger partial charge in [0.05, 0.1) is 6.54 Å². The molecule has 23 heavy (non-hydrogen) atoms. The second-order valence-electron chi connectivity index (χ2n) is 5.81. The van der Waals surface area contributed by atoms with Crippen molar-refractivity contribution >= 4 is 22.7 Å². The molecule has 0 saturated heterocycles. The van der Waals surface area contributed by atoms with Crippen molar-refractivity contribution in [3.05, 3.63) is 58.8 Å². The Bertz CT molecular complexity index is 848. The summed E-state index contributed by atoms with van der Waals surface area (Å²) in [5.74, 6) is 0. The highest BCUT2D eigenvalue weighted by atomic mass is 16.5. The zero-order chi connectivity index (χ0) is 16.4. The third kappa shape index (κ3) is 3.51. The second-order valence-corrected chi connectivity index (χ2v) is 5.81. The lowest BCUT2D eigenvalue weighted by atomic mass is 10.1. The molecule has 0 fully saturated rings. The molecule has 3 aromatic rings. The fraction of sp³-hybridized carbons (Fsp3) is 0.222. The number of nitrogens with one attached hydrogen (secondary N) is 2. The van der Waals surface area contributed by atoms with Crippen LogP contribution in [-0.2, 0) is 6.54 Å². The number of hydrogen-bond acceptors (Lipinski definition) is 3. The van der Waals surface area contributed by atoms with Gasteiger partial charge in [-0.25, -0.2) is 4.79 Å². The zero-order valence-corrected chi connectivity index (χ0v) is 13.4. The minimum atomic E-state index is -0.265. The number of anilines is 1. The van der Waals surface area contributed by atoms with Crippen molar-refractivity contribution in [2.75, 3.05) is 5.32 Å². The van der Waals surface area contributed by atoms with Gasteiger partial charge in [-0.1, -0.05) is 22.9 Å². The fourth-order valence-corrected chi connectivity index (χ4v) is 2.62. The van der Waals surface area contributed by atoms with E-state index in [0.717, 1.165) is 39.0 Å². The van der Waals surface area contributed by atoms with Gasteiger partial charge in [0.15, 0.2) is 5.58 Å². The van der Waals surface area contributed by atoms with Crippen LogP contribution in [0.1, 0.15) is 22.4 Å². The standard InChI is InChI=1S/C18H19N3O2/c1-11-4-5-17-15(9-11)16(21-23-17)10-19-18(22)20-14-7-12(2)6-13(3)8-14/h4-9H,10H2,1-3H3,(H2,19,20,22). The van der Waals surface area contributed by atoms with E-state index in [9.17, 15) is 4.79 Å². The molecule has 1 aromatic heterocycles. The van der Waals surface area contributed by atoms with Crippen LogP contribution in [0, 0.1) is 20.8 Å². The number of amides is 2. The molecule has 0 atom stereocenters. The van der Waals surface area contributed by atoms with E-state index in [1.165, 1.54) is 0 Å². The number of aromatic nitrogens is 1. The topological polar surface area (TPSA) is 67.2 Å². The molecule has 0 aliphatic carbocycles. The summed E-state index contributed by atoms with van der Waals surface area (Å²) in [6.07, 6.45) is 0. The van der Waals surface area contributed by atoms with Gasteiger partial charge in [0.25, 0.3) is 0 Å². The summed E-state index contributed by atoms with van der Waals surface area (Å²) in [5, 5.41) is 10.6. The molecule has 0 aliphatic rings. The van der Waals surface area contributed by atoms with Crippen LogP contribution in [0.5, 0.6) is 0 Å². The summed E-state index contributed by atoms with van der Waals surface area (Å²) in [5.41, 5.74) is 5.57. The molecule has 2 N–H and O–H groups in total. The van der Waals surface area contributed by atoms with Gasteiger partial charge in [-0.3, -0.25) is 0 Å². The smallest absolute Gasteiger partial charge is 0.319 e. The highest BCUT2D eigenvalue weighted by Gasteiger charge is 2.10. The van der Waals surface area contributed by atoms with Crippen LogP contribution >= 0.6 is 0 Å². The Morgan fingerprint density at radius 2 is 1.78 bits per heavy atom.